The molecule has 70 valence electrons. The molecule has 0 spiro atoms. The Kier molecular flexibility index (Phi) is 3.53. The summed E-state index contributed by atoms with van der Waals surface area (Å²) in [6, 6.07) is 0. The molecule has 0 aliphatic rings. The summed E-state index contributed by atoms with van der Waals surface area (Å²) >= 11 is 0. The fourth-order valence-electron chi connectivity index (χ4n) is 0.771. The lowest BCUT2D eigenvalue weighted by Gasteiger charge is -2.28. The quantitative estimate of drug-likeness (QED) is 0.305. The molecule has 0 aromatic heterocycles. The van der Waals surface area contributed by atoms with Crippen LogP contribution in [0.15, 0.2) is 17.9 Å². The molecule has 0 aliphatic carbocycles. The molecule has 0 bridgehead atoms. The molecule has 0 saturated heterocycles. The molecule has 0 aromatic carbocycles. The van der Waals surface area contributed by atoms with E-state index in [-0.39, 0.29) is 10.5 Å². The first-order valence-corrected chi connectivity index (χ1v) is 3.64. The second kappa shape index (κ2) is 3.94. The van der Waals surface area contributed by atoms with E-state index < -0.39 is 0 Å². The zero-order chi connectivity index (χ0) is 9.78. The second-order valence-electron chi connectivity index (χ2n) is 3.38. The normalized spacial score (nSPS) is 12.8. The number of rotatable bonds is 3. The molecule has 12 heavy (non-hydrogen) atoms. The summed E-state index contributed by atoms with van der Waals surface area (Å²) in [7, 11) is 0. The predicted molar refractivity (Wildman–Crippen MR) is 44.5 cm³/mol. The van der Waals surface area contributed by atoms with Crippen LogP contribution in [-0.4, -0.2) is 27.3 Å². The number of hydrogen-bond acceptors (Lipinski definition) is 2. The molecule has 1 N–H and O–H groups in total. The van der Waals surface area contributed by atoms with Crippen LogP contribution < -0.4 is 0 Å². The highest BCUT2D eigenvalue weighted by molar-refractivity contribution is 4.77. The largest absolute Gasteiger partial charge is 0.569 e. The summed E-state index contributed by atoms with van der Waals surface area (Å²) in [6.07, 6.45) is 1.57. The van der Waals surface area contributed by atoms with E-state index in [1.54, 1.807) is 6.08 Å². The van der Waals surface area contributed by atoms with E-state index in [2.05, 4.69) is 11.9 Å². The molecule has 0 atom stereocenters. The fraction of sp³-hybridized carbons (Fsp3) is 0.714. The highest BCUT2D eigenvalue weighted by Gasteiger charge is 2.27. The SMILES string of the molecule is C=CCN([N+]([O-])=NO)C(C)(C)C. The van der Waals surface area contributed by atoms with Crippen LogP contribution in [-0.2, 0) is 0 Å². The van der Waals surface area contributed by atoms with Gasteiger partial charge in [0.05, 0.1) is 17.1 Å². The highest BCUT2D eigenvalue weighted by Crippen LogP contribution is 2.12. The van der Waals surface area contributed by atoms with Crippen molar-refractivity contribution in [2.75, 3.05) is 6.54 Å². The van der Waals surface area contributed by atoms with Crippen molar-refractivity contribution in [1.29, 1.82) is 0 Å². The maximum absolute atomic E-state index is 10.9. The molecule has 0 aliphatic heterocycles. The molecule has 5 heteroatoms. The summed E-state index contributed by atoms with van der Waals surface area (Å²) in [5, 5.41) is 23.0. The molecular weight excluding hydrogens is 158 g/mol. The molecule has 0 radical (unpaired) electrons. The van der Waals surface area contributed by atoms with Gasteiger partial charge in [-0.25, -0.2) is 0 Å². The summed E-state index contributed by atoms with van der Waals surface area (Å²) in [4.78, 5) is 0.154. The van der Waals surface area contributed by atoms with Crippen molar-refractivity contribution < 1.29 is 10.2 Å². The van der Waals surface area contributed by atoms with Gasteiger partial charge in [0.25, 0.3) is 0 Å². The van der Waals surface area contributed by atoms with Gasteiger partial charge in [-0.1, -0.05) is 6.08 Å². The van der Waals surface area contributed by atoms with Gasteiger partial charge in [0.1, 0.15) is 0 Å². The van der Waals surface area contributed by atoms with Crippen molar-refractivity contribution >= 4 is 0 Å². The minimum Gasteiger partial charge on any atom is -0.569 e. The third-order valence-corrected chi connectivity index (χ3v) is 1.36. The zero-order valence-electron chi connectivity index (χ0n) is 7.69. The van der Waals surface area contributed by atoms with Crippen molar-refractivity contribution in [1.82, 2.24) is 5.01 Å². The molecule has 0 saturated carbocycles. The van der Waals surface area contributed by atoms with Crippen LogP contribution in [0.4, 0.5) is 0 Å². The lowest BCUT2D eigenvalue weighted by atomic mass is 10.1. The topological polar surface area (TPSA) is 61.9 Å². The van der Waals surface area contributed by atoms with Gasteiger partial charge in [0, 0.05) is 0 Å². The fourth-order valence-corrected chi connectivity index (χ4v) is 0.771. The Bertz CT molecular complexity index is 184. The molecule has 0 rings (SSSR count). The van der Waals surface area contributed by atoms with Gasteiger partial charge >= 0.3 is 0 Å². The van der Waals surface area contributed by atoms with Crippen LogP contribution in [0.2, 0.25) is 0 Å². The second-order valence-corrected chi connectivity index (χ2v) is 3.38. The van der Waals surface area contributed by atoms with Crippen molar-refractivity contribution in [3.8, 4) is 0 Å². The predicted octanol–water partition coefficient (Wildman–Crippen LogP) is 1.54. The average molecular weight is 173 g/mol. The van der Waals surface area contributed by atoms with Gasteiger partial charge in [-0.3, -0.25) is 0 Å². The van der Waals surface area contributed by atoms with Crippen LogP contribution in [0.1, 0.15) is 20.8 Å². The number of hydrazine groups is 1. The smallest absolute Gasteiger partial charge is 0.230 e. The van der Waals surface area contributed by atoms with E-state index in [0.717, 1.165) is 0 Å². The molecule has 0 amide bonds. The minimum absolute atomic E-state index is 0.154. The minimum atomic E-state index is -0.387. The summed E-state index contributed by atoms with van der Waals surface area (Å²) in [6.45, 7) is 9.36. The summed E-state index contributed by atoms with van der Waals surface area (Å²) < 4.78 is 0. The first-order chi connectivity index (χ1) is 5.43. The van der Waals surface area contributed by atoms with Crippen molar-refractivity contribution in [2.45, 2.75) is 26.3 Å². The Labute approximate surface area is 72.1 Å². The van der Waals surface area contributed by atoms with Crippen LogP contribution in [0.3, 0.4) is 0 Å². The van der Waals surface area contributed by atoms with Crippen LogP contribution >= 0.6 is 0 Å². The van der Waals surface area contributed by atoms with Gasteiger partial charge in [-0.05, 0) is 20.8 Å². The van der Waals surface area contributed by atoms with E-state index in [1.165, 1.54) is 5.01 Å². The van der Waals surface area contributed by atoms with E-state index in [4.69, 9.17) is 5.21 Å². The Morgan fingerprint density at radius 2 is 2.17 bits per heavy atom. The van der Waals surface area contributed by atoms with Gasteiger partial charge in [0.2, 0.25) is 5.28 Å². The standard InChI is InChI=1S/C7H15N3O2/c1-5-6-9(7(2,3)4)10(12)8-11/h5,11H,1,6H2,2-4H3. The third kappa shape index (κ3) is 2.77. The van der Waals surface area contributed by atoms with Crippen molar-refractivity contribution in [3.05, 3.63) is 17.9 Å². The zero-order valence-corrected chi connectivity index (χ0v) is 7.69. The number of nitrogens with zero attached hydrogens (tertiary/aromatic N) is 3. The monoisotopic (exact) mass is 173 g/mol. The first kappa shape index (κ1) is 10.7. The van der Waals surface area contributed by atoms with E-state index in [0.29, 0.717) is 6.54 Å². The maximum Gasteiger partial charge on any atom is 0.230 e. The van der Waals surface area contributed by atoms with Gasteiger partial charge < -0.3 is 10.4 Å². The molecule has 0 aromatic rings. The van der Waals surface area contributed by atoms with E-state index >= 15 is 0 Å². The highest BCUT2D eigenvalue weighted by atomic mass is 16.6. The Morgan fingerprint density at radius 1 is 1.67 bits per heavy atom. The first-order valence-electron chi connectivity index (χ1n) is 3.64. The van der Waals surface area contributed by atoms with Gasteiger partial charge in [0.15, 0.2) is 0 Å². The Morgan fingerprint density at radius 3 is 2.42 bits per heavy atom. The van der Waals surface area contributed by atoms with Gasteiger partial charge in [-0.15, -0.1) is 11.6 Å². The summed E-state index contributed by atoms with van der Waals surface area (Å²) in [5.41, 5.74) is -0.387. The van der Waals surface area contributed by atoms with Crippen molar-refractivity contribution in [2.24, 2.45) is 5.28 Å². The molecule has 0 unspecified atom stereocenters. The lowest BCUT2D eigenvalue weighted by molar-refractivity contribution is -0.722. The van der Waals surface area contributed by atoms with Crippen LogP contribution in [0.25, 0.3) is 0 Å². The summed E-state index contributed by atoms with van der Waals surface area (Å²) in [5.74, 6) is 0. The van der Waals surface area contributed by atoms with Crippen LogP contribution in [0.5, 0.6) is 0 Å². The molecular formula is C7H15N3O2. The van der Waals surface area contributed by atoms with Crippen molar-refractivity contribution in [3.63, 3.8) is 0 Å². The third-order valence-electron chi connectivity index (χ3n) is 1.36. The molecule has 5 nitrogen and oxygen atoms in total. The Balaban J connectivity index is 4.55. The average Bonchev–Trinajstić information content (AvgIpc) is 1.96. The van der Waals surface area contributed by atoms with E-state index in [1.807, 2.05) is 20.8 Å². The van der Waals surface area contributed by atoms with Gasteiger partial charge in [-0.2, -0.15) is 0 Å². The number of hydrogen-bond donors (Lipinski definition) is 1. The van der Waals surface area contributed by atoms with E-state index in [9.17, 15) is 5.21 Å². The molecule has 0 heterocycles. The molecule has 0 fully saturated rings. The maximum atomic E-state index is 10.9. The Hall–Kier alpha value is -1.26. The lowest BCUT2D eigenvalue weighted by Crippen LogP contribution is -2.45. The van der Waals surface area contributed by atoms with Crippen LogP contribution in [0, 0.1) is 5.21 Å².